The number of nitrogens with one attached hydrogen (secondary N) is 1. The van der Waals surface area contributed by atoms with Crippen molar-refractivity contribution < 1.29 is 9.50 Å². The van der Waals surface area contributed by atoms with Gasteiger partial charge < -0.3 is 16.2 Å². The van der Waals surface area contributed by atoms with Gasteiger partial charge in [-0.3, -0.25) is 0 Å². The number of aliphatic hydroxyl groups excluding tert-OH is 1. The molecule has 2 rings (SSSR count). The van der Waals surface area contributed by atoms with Gasteiger partial charge in [0.1, 0.15) is 5.82 Å². The lowest BCUT2D eigenvalue weighted by molar-refractivity contribution is 0.171. The minimum atomic E-state index is -0.564. The molecule has 0 saturated heterocycles. The van der Waals surface area contributed by atoms with Crippen molar-refractivity contribution in [1.29, 1.82) is 0 Å². The lowest BCUT2D eigenvalue weighted by Crippen LogP contribution is -2.08. The molecule has 0 saturated carbocycles. The van der Waals surface area contributed by atoms with Gasteiger partial charge in [-0.25, -0.2) is 4.39 Å². The Kier molecular flexibility index (Phi) is 4.58. The average Bonchev–Trinajstić information content (AvgIpc) is 2.44. The second kappa shape index (κ2) is 6.39. The number of benzene rings is 2. The molecule has 4 heteroatoms. The van der Waals surface area contributed by atoms with Crippen molar-refractivity contribution in [3.63, 3.8) is 0 Å². The first kappa shape index (κ1) is 14.3. The number of hydrogen-bond donors (Lipinski definition) is 3. The summed E-state index contributed by atoms with van der Waals surface area (Å²) in [5.41, 5.74) is 9.17. The Balaban J connectivity index is 1.87. The number of rotatable bonds is 5. The van der Waals surface area contributed by atoms with Gasteiger partial charge in [-0.15, -0.1) is 0 Å². The van der Waals surface area contributed by atoms with Crippen molar-refractivity contribution in [1.82, 2.24) is 0 Å². The lowest BCUT2D eigenvalue weighted by atomic mass is 10.0. The highest BCUT2D eigenvalue weighted by Crippen LogP contribution is 2.21. The molecule has 0 heterocycles. The molecule has 1 atom stereocenters. The quantitative estimate of drug-likeness (QED) is 0.733. The van der Waals surface area contributed by atoms with E-state index < -0.39 is 6.10 Å². The van der Waals surface area contributed by atoms with E-state index in [1.165, 1.54) is 12.1 Å². The molecule has 0 aromatic heterocycles. The van der Waals surface area contributed by atoms with E-state index in [1.54, 1.807) is 18.2 Å². The van der Waals surface area contributed by atoms with Crippen LogP contribution < -0.4 is 11.1 Å². The molecule has 0 radical (unpaired) electrons. The number of anilines is 2. The fourth-order valence-corrected chi connectivity index (χ4v) is 1.95. The van der Waals surface area contributed by atoms with E-state index in [0.717, 1.165) is 16.8 Å². The van der Waals surface area contributed by atoms with Crippen LogP contribution in [0.2, 0.25) is 0 Å². The van der Waals surface area contributed by atoms with Gasteiger partial charge in [0.2, 0.25) is 0 Å². The van der Waals surface area contributed by atoms with Crippen LogP contribution in [0, 0.1) is 12.7 Å². The number of hydrogen-bond acceptors (Lipinski definition) is 3. The molecule has 1 unspecified atom stereocenters. The van der Waals surface area contributed by atoms with Gasteiger partial charge in [0, 0.05) is 17.9 Å². The van der Waals surface area contributed by atoms with Crippen LogP contribution in [0.4, 0.5) is 15.8 Å². The zero-order valence-corrected chi connectivity index (χ0v) is 11.4. The summed E-state index contributed by atoms with van der Waals surface area (Å²) in [4.78, 5) is 0. The van der Waals surface area contributed by atoms with Crippen molar-refractivity contribution in [2.45, 2.75) is 19.4 Å². The molecule has 0 spiro atoms. The van der Waals surface area contributed by atoms with E-state index in [0.29, 0.717) is 18.7 Å². The van der Waals surface area contributed by atoms with Gasteiger partial charge in [-0.2, -0.15) is 0 Å². The van der Waals surface area contributed by atoms with Crippen LogP contribution in [-0.2, 0) is 0 Å². The maximum atomic E-state index is 12.7. The molecule has 2 aromatic carbocycles. The standard InChI is InChI=1S/C16H19FN2O/c1-11-2-3-12(10-15(11)18)16(20)8-9-19-14-6-4-13(17)5-7-14/h2-7,10,16,19-20H,8-9,18H2,1H3. The summed E-state index contributed by atoms with van der Waals surface area (Å²) < 4.78 is 12.7. The molecule has 0 amide bonds. The monoisotopic (exact) mass is 274 g/mol. The summed E-state index contributed by atoms with van der Waals surface area (Å²) in [6.07, 6.45) is -0.00860. The van der Waals surface area contributed by atoms with Crippen LogP contribution in [0.1, 0.15) is 23.7 Å². The highest BCUT2D eigenvalue weighted by Gasteiger charge is 2.08. The summed E-state index contributed by atoms with van der Waals surface area (Å²) >= 11 is 0. The molecule has 3 nitrogen and oxygen atoms in total. The Morgan fingerprint density at radius 3 is 2.55 bits per heavy atom. The zero-order valence-electron chi connectivity index (χ0n) is 11.4. The summed E-state index contributed by atoms with van der Waals surface area (Å²) in [5.74, 6) is -0.259. The van der Waals surface area contributed by atoms with Crippen LogP contribution in [0.15, 0.2) is 42.5 Å². The minimum absolute atomic E-state index is 0.259. The molecule has 0 aliphatic rings. The van der Waals surface area contributed by atoms with Crippen LogP contribution in [0.5, 0.6) is 0 Å². The van der Waals surface area contributed by atoms with Gasteiger partial charge in [0.15, 0.2) is 0 Å². The third kappa shape index (κ3) is 3.71. The van der Waals surface area contributed by atoms with Gasteiger partial charge in [-0.1, -0.05) is 12.1 Å². The van der Waals surface area contributed by atoms with E-state index >= 15 is 0 Å². The molecule has 0 fully saturated rings. The van der Waals surface area contributed by atoms with Crippen molar-refractivity contribution >= 4 is 11.4 Å². The van der Waals surface area contributed by atoms with Crippen LogP contribution in [0.25, 0.3) is 0 Å². The van der Waals surface area contributed by atoms with E-state index in [2.05, 4.69) is 5.32 Å². The van der Waals surface area contributed by atoms with Crippen molar-refractivity contribution in [3.8, 4) is 0 Å². The molecular formula is C16H19FN2O. The summed E-state index contributed by atoms with van der Waals surface area (Å²) in [6.45, 7) is 2.53. The Bertz CT molecular complexity index is 569. The predicted octanol–water partition coefficient (Wildman–Crippen LogP) is 3.25. The van der Waals surface area contributed by atoms with Gasteiger partial charge >= 0.3 is 0 Å². The predicted molar refractivity (Wildman–Crippen MR) is 80.1 cm³/mol. The summed E-state index contributed by atoms with van der Waals surface area (Å²) in [5, 5.41) is 13.2. The molecule has 0 aliphatic heterocycles. The third-order valence-electron chi connectivity index (χ3n) is 3.28. The van der Waals surface area contributed by atoms with Crippen LogP contribution in [0.3, 0.4) is 0 Å². The Morgan fingerprint density at radius 2 is 1.90 bits per heavy atom. The van der Waals surface area contributed by atoms with Crippen LogP contribution >= 0.6 is 0 Å². The van der Waals surface area contributed by atoms with E-state index in [1.807, 2.05) is 19.1 Å². The van der Waals surface area contributed by atoms with Gasteiger partial charge in [0.05, 0.1) is 6.10 Å². The Hall–Kier alpha value is -2.07. The molecule has 20 heavy (non-hydrogen) atoms. The second-order valence-electron chi connectivity index (χ2n) is 4.85. The Morgan fingerprint density at radius 1 is 1.20 bits per heavy atom. The molecule has 0 aliphatic carbocycles. The van der Waals surface area contributed by atoms with Gasteiger partial charge in [-0.05, 0) is 54.8 Å². The van der Waals surface area contributed by atoms with E-state index in [9.17, 15) is 9.50 Å². The Labute approximate surface area is 118 Å². The average molecular weight is 274 g/mol. The van der Waals surface area contributed by atoms with E-state index in [4.69, 9.17) is 5.73 Å². The third-order valence-corrected chi connectivity index (χ3v) is 3.28. The largest absolute Gasteiger partial charge is 0.399 e. The highest BCUT2D eigenvalue weighted by molar-refractivity contribution is 5.49. The zero-order chi connectivity index (χ0) is 14.5. The normalized spacial score (nSPS) is 12.2. The molecule has 2 aromatic rings. The SMILES string of the molecule is Cc1ccc(C(O)CCNc2ccc(F)cc2)cc1N. The molecule has 4 N–H and O–H groups in total. The molecule has 0 bridgehead atoms. The maximum Gasteiger partial charge on any atom is 0.123 e. The second-order valence-corrected chi connectivity index (χ2v) is 4.85. The first-order valence-electron chi connectivity index (χ1n) is 6.60. The first-order valence-corrected chi connectivity index (χ1v) is 6.60. The number of aryl methyl sites for hydroxylation is 1. The van der Waals surface area contributed by atoms with Crippen molar-refractivity contribution in [2.75, 3.05) is 17.6 Å². The fraction of sp³-hybridized carbons (Fsp3) is 0.250. The van der Waals surface area contributed by atoms with Crippen molar-refractivity contribution in [2.24, 2.45) is 0 Å². The number of nitrogen functional groups attached to an aromatic ring is 1. The fourth-order valence-electron chi connectivity index (χ4n) is 1.95. The highest BCUT2D eigenvalue weighted by atomic mass is 19.1. The minimum Gasteiger partial charge on any atom is -0.399 e. The maximum absolute atomic E-state index is 12.7. The van der Waals surface area contributed by atoms with Crippen molar-refractivity contribution in [3.05, 3.63) is 59.4 Å². The topological polar surface area (TPSA) is 58.3 Å². The number of nitrogens with two attached hydrogens (primary N) is 1. The number of halogens is 1. The summed E-state index contributed by atoms with van der Waals surface area (Å²) in [7, 11) is 0. The lowest BCUT2D eigenvalue weighted by Gasteiger charge is -2.13. The molecular weight excluding hydrogens is 255 g/mol. The molecule has 106 valence electrons. The summed E-state index contributed by atoms with van der Waals surface area (Å²) in [6, 6.07) is 11.7. The smallest absolute Gasteiger partial charge is 0.123 e. The van der Waals surface area contributed by atoms with Gasteiger partial charge in [0.25, 0.3) is 0 Å². The van der Waals surface area contributed by atoms with E-state index in [-0.39, 0.29) is 5.82 Å². The first-order chi connectivity index (χ1) is 9.56. The van der Waals surface area contributed by atoms with Crippen LogP contribution in [-0.4, -0.2) is 11.7 Å². The number of aliphatic hydroxyl groups is 1.